The van der Waals surface area contributed by atoms with E-state index in [9.17, 15) is 0 Å². The topological polar surface area (TPSA) is 29.5 Å². The number of hydrogen-bond acceptors (Lipinski definition) is 3. The summed E-state index contributed by atoms with van der Waals surface area (Å²) in [6.45, 7) is 2.22. The fourth-order valence-corrected chi connectivity index (χ4v) is 2.25. The Kier molecular flexibility index (Phi) is 3.01. The molecule has 1 unspecified atom stereocenters. The van der Waals surface area contributed by atoms with Gasteiger partial charge in [-0.25, -0.2) is 0 Å². The van der Waals surface area contributed by atoms with Gasteiger partial charge in [0.05, 0.1) is 18.8 Å². The van der Waals surface area contributed by atoms with Gasteiger partial charge >= 0.3 is 0 Å². The second kappa shape index (κ2) is 3.60. The van der Waals surface area contributed by atoms with Crippen molar-refractivity contribution in [1.29, 1.82) is 0 Å². The summed E-state index contributed by atoms with van der Waals surface area (Å²) in [7, 11) is 0. The van der Waals surface area contributed by atoms with Gasteiger partial charge in [0.2, 0.25) is 0 Å². The van der Waals surface area contributed by atoms with Crippen LogP contribution in [-0.2, 0) is 4.74 Å². The van der Waals surface area contributed by atoms with Gasteiger partial charge in [0.1, 0.15) is 0 Å². The minimum atomic E-state index is 0.0741. The van der Waals surface area contributed by atoms with Gasteiger partial charge in [-0.2, -0.15) is 11.8 Å². The maximum Gasteiger partial charge on any atom is 0.0928 e. The molecule has 0 saturated carbocycles. The lowest BCUT2D eigenvalue weighted by molar-refractivity contribution is 0.0212. The van der Waals surface area contributed by atoms with E-state index in [2.05, 4.69) is 13.2 Å². The first kappa shape index (κ1) is 8.37. The summed E-state index contributed by atoms with van der Waals surface area (Å²) in [5.41, 5.74) is 0. The quantitative estimate of drug-likeness (QED) is 0.654. The molecule has 0 bridgehead atoms. The number of rotatable bonds is 2. The zero-order valence-corrected chi connectivity index (χ0v) is 7.23. The molecule has 0 aromatic heterocycles. The van der Waals surface area contributed by atoms with E-state index >= 15 is 0 Å². The minimum Gasteiger partial charge on any atom is -0.394 e. The van der Waals surface area contributed by atoms with Crippen molar-refractivity contribution in [2.75, 3.05) is 12.9 Å². The lowest BCUT2D eigenvalue weighted by atomic mass is 10.2. The van der Waals surface area contributed by atoms with Gasteiger partial charge in [0, 0.05) is 5.25 Å². The molecular weight excluding hydrogens is 148 g/mol. The van der Waals surface area contributed by atoms with Crippen LogP contribution in [0.2, 0.25) is 0 Å². The number of ether oxygens (including phenoxy) is 1. The normalized spacial score (nSPS) is 40.5. The van der Waals surface area contributed by atoms with Crippen molar-refractivity contribution in [2.24, 2.45) is 0 Å². The fourth-order valence-electron chi connectivity index (χ4n) is 1.33. The second-order valence-corrected chi connectivity index (χ2v) is 3.75. The Bertz CT molecular complexity index is 95.8. The van der Waals surface area contributed by atoms with Crippen molar-refractivity contribution < 1.29 is 9.84 Å². The van der Waals surface area contributed by atoms with Gasteiger partial charge in [-0.3, -0.25) is 0 Å². The van der Waals surface area contributed by atoms with Gasteiger partial charge < -0.3 is 9.84 Å². The van der Waals surface area contributed by atoms with Crippen LogP contribution in [0, 0.1) is 0 Å². The van der Waals surface area contributed by atoms with Gasteiger partial charge in [-0.15, -0.1) is 0 Å². The predicted octanol–water partition coefficient (Wildman–Crippen LogP) is 0.888. The van der Waals surface area contributed by atoms with Crippen LogP contribution in [0.15, 0.2) is 0 Å². The third-order valence-electron chi connectivity index (χ3n) is 1.87. The van der Waals surface area contributed by atoms with Crippen LogP contribution in [0.25, 0.3) is 0 Å². The first-order valence-corrected chi connectivity index (χ1v) is 4.85. The van der Waals surface area contributed by atoms with E-state index in [1.54, 1.807) is 11.8 Å². The van der Waals surface area contributed by atoms with Gasteiger partial charge in [-0.1, -0.05) is 0 Å². The van der Waals surface area contributed by atoms with Crippen molar-refractivity contribution in [3.05, 3.63) is 0 Å². The average Bonchev–Trinajstić information content (AvgIpc) is 2.30. The summed E-state index contributed by atoms with van der Waals surface area (Å²) in [6.07, 6.45) is 3.54. The molecular formula is C7H14O2S. The zero-order valence-electron chi connectivity index (χ0n) is 6.41. The lowest BCUT2D eigenvalue weighted by Gasteiger charge is -2.12. The van der Waals surface area contributed by atoms with Crippen LogP contribution in [0.4, 0.5) is 0 Å². The molecule has 0 aromatic carbocycles. The summed E-state index contributed by atoms with van der Waals surface area (Å²) in [5.74, 6) is 0. The summed E-state index contributed by atoms with van der Waals surface area (Å²) in [4.78, 5) is 0. The Labute approximate surface area is 66.0 Å². The molecule has 1 saturated heterocycles. The van der Waals surface area contributed by atoms with Crippen LogP contribution in [-0.4, -0.2) is 35.4 Å². The standard InChI is InChI=1S/C7H14O2S/c1-5-3-7(10-2)6(4-8)9-5/h5-8H,3-4H2,1-2H3/t5?,6-,7-/m1/s1. The second-order valence-electron chi connectivity index (χ2n) is 2.68. The highest BCUT2D eigenvalue weighted by atomic mass is 32.2. The van der Waals surface area contributed by atoms with E-state index in [1.165, 1.54) is 0 Å². The molecule has 1 aliphatic heterocycles. The van der Waals surface area contributed by atoms with Crippen LogP contribution in [0.1, 0.15) is 13.3 Å². The van der Waals surface area contributed by atoms with Crippen LogP contribution in [0.3, 0.4) is 0 Å². The molecule has 0 aliphatic carbocycles. The summed E-state index contributed by atoms with van der Waals surface area (Å²) in [5, 5.41) is 9.35. The Morgan fingerprint density at radius 2 is 2.40 bits per heavy atom. The van der Waals surface area contributed by atoms with Crippen LogP contribution in [0.5, 0.6) is 0 Å². The van der Waals surface area contributed by atoms with E-state index < -0.39 is 0 Å². The van der Waals surface area contributed by atoms with E-state index in [-0.39, 0.29) is 12.7 Å². The van der Waals surface area contributed by atoms with E-state index in [0.29, 0.717) is 11.4 Å². The molecule has 1 aliphatic rings. The maximum atomic E-state index is 8.85. The molecule has 60 valence electrons. The SMILES string of the molecule is CS[C@@H]1CC(C)O[C@@H]1CO. The predicted molar refractivity (Wildman–Crippen MR) is 43.3 cm³/mol. The highest BCUT2D eigenvalue weighted by molar-refractivity contribution is 7.99. The number of aliphatic hydroxyl groups is 1. The Balaban J connectivity index is 2.41. The number of hydrogen-bond donors (Lipinski definition) is 1. The van der Waals surface area contributed by atoms with Crippen LogP contribution >= 0.6 is 11.8 Å². The Hall–Kier alpha value is 0.270. The van der Waals surface area contributed by atoms with Crippen molar-refractivity contribution in [2.45, 2.75) is 30.8 Å². The van der Waals surface area contributed by atoms with E-state index in [0.717, 1.165) is 6.42 Å². The van der Waals surface area contributed by atoms with Gasteiger partial charge in [0.25, 0.3) is 0 Å². The lowest BCUT2D eigenvalue weighted by Crippen LogP contribution is -2.22. The van der Waals surface area contributed by atoms with E-state index in [1.807, 2.05) is 0 Å². The Morgan fingerprint density at radius 3 is 2.80 bits per heavy atom. The summed E-state index contributed by atoms with van der Waals surface area (Å²) in [6, 6.07) is 0. The molecule has 10 heavy (non-hydrogen) atoms. The van der Waals surface area contributed by atoms with Gasteiger partial charge in [0.15, 0.2) is 0 Å². The highest BCUT2D eigenvalue weighted by Crippen LogP contribution is 2.28. The van der Waals surface area contributed by atoms with Crippen molar-refractivity contribution >= 4 is 11.8 Å². The first-order chi connectivity index (χ1) is 4.77. The van der Waals surface area contributed by atoms with Gasteiger partial charge in [-0.05, 0) is 19.6 Å². The first-order valence-electron chi connectivity index (χ1n) is 3.57. The molecule has 0 aromatic rings. The fraction of sp³-hybridized carbons (Fsp3) is 1.00. The maximum absolute atomic E-state index is 8.85. The molecule has 0 spiro atoms. The zero-order chi connectivity index (χ0) is 7.56. The molecule has 2 nitrogen and oxygen atoms in total. The van der Waals surface area contributed by atoms with Crippen molar-refractivity contribution in [1.82, 2.24) is 0 Å². The van der Waals surface area contributed by atoms with Crippen molar-refractivity contribution in [3.63, 3.8) is 0 Å². The third kappa shape index (κ3) is 1.65. The smallest absolute Gasteiger partial charge is 0.0928 e. The molecule has 1 heterocycles. The van der Waals surface area contributed by atoms with Crippen LogP contribution < -0.4 is 0 Å². The molecule has 1 fully saturated rings. The summed E-state index contributed by atoms with van der Waals surface area (Å²) < 4.78 is 5.44. The minimum absolute atomic E-state index is 0.0741. The molecule has 1 rings (SSSR count). The molecule has 0 amide bonds. The number of thioether (sulfide) groups is 1. The van der Waals surface area contributed by atoms with E-state index in [4.69, 9.17) is 9.84 Å². The van der Waals surface area contributed by atoms with Crippen molar-refractivity contribution in [3.8, 4) is 0 Å². The average molecular weight is 162 g/mol. The largest absolute Gasteiger partial charge is 0.394 e. The number of aliphatic hydroxyl groups excluding tert-OH is 1. The summed E-state index contributed by atoms with van der Waals surface area (Å²) >= 11 is 1.78. The molecule has 3 heteroatoms. The Morgan fingerprint density at radius 1 is 1.70 bits per heavy atom. The molecule has 3 atom stereocenters. The highest BCUT2D eigenvalue weighted by Gasteiger charge is 2.31. The molecule has 0 radical (unpaired) electrons. The third-order valence-corrected chi connectivity index (χ3v) is 2.97. The molecule has 1 N–H and O–H groups in total. The monoisotopic (exact) mass is 162 g/mol.